The molecule has 0 bridgehead atoms. The molecule has 128 valence electrons. The molecule has 2 rings (SSSR count). The van der Waals surface area contributed by atoms with Gasteiger partial charge in [0.25, 0.3) is 0 Å². The van der Waals surface area contributed by atoms with Crippen LogP contribution in [0.1, 0.15) is 38.3 Å². The monoisotopic (exact) mass is 390 g/mol. The van der Waals surface area contributed by atoms with Crippen molar-refractivity contribution in [3.05, 3.63) is 58.6 Å². The number of anilines is 1. The Kier molecular flexibility index (Phi) is 7.12. The Bertz CT molecular complexity index is 641. The minimum Gasteiger partial charge on any atom is -0.494 e. The van der Waals surface area contributed by atoms with E-state index >= 15 is 0 Å². The number of hydrogen-bond acceptors (Lipinski definition) is 2. The molecule has 1 atom stereocenters. The van der Waals surface area contributed by atoms with E-state index in [0.717, 1.165) is 34.3 Å². The van der Waals surface area contributed by atoms with E-state index in [1.165, 1.54) is 0 Å². The number of carbonyl (C=O) groups is 1. The number of benzene rings is 2. The van der Waals surface area contributed by atoms with Crippen molar-refractivity contribution in [1.29, 1.82) is 0 Å². The number of rotatable bonds is 7. The van der Waals surface area contributed by atoms with Gasteiger partial charge in [0.15, 0.2) is 0 Å². The van der Waals surface area contributed by atoms with Crippen LogP contribution in [0, 0.1) is 0 Å². The fraction of sp³-hybridized carbons (Fsp3) is 0.316. The topological polar surface area (TPSA) is 50.4 Å². The second kappa shape index (κ2) is 9.33. The maximum Gasteiger partial charge on any atom is 0.319 e. The normalized spacial score (nSPS) is 11.6. The lowest BCUT2D eigenvalue weighted by atomic mass is 10.1. The Morgan fingerprint density at radius 2 is 1.79 bits per heavy atom. The Balaban J connectivity index is 1.84. The lowest BCUT2D eigenvalue weighted by Gasteiger charge is -2.15. The smallest absolute Gasteiger partial charge is 0.319 e. The molecule has 0 aliphatic rings. The Morgan fingerprint density at radius 1 is 1.12 bits per heavy atom. The SMILES string of the molecule is CCCCOc1ccc(NC(=O)NC(C)c2ccc(Br)cc2)cc1. The third kappa shape index (κ3) is 5.89. The molecule has 0 fully saturated rings. The first kappa shape index (κ1) is 18.3. The van der Waals surface area contributed by atoms with Crippen LogP contribution in [0.3, 0.4) is 0 Å². The number of urea groups is 1. The highest BCUT2D eigenvalue weighted by Gasteiger charge is 2.09. The van der Waals surface area contributed by atoms with Crippen molar-refractivity contribution in [3.63, 3.8) is 0 Å². The number of nitrogens with one attached hydrogen (secondary N) is 2. The van der Waals surface area contributed by atoms with E-state index in [1.54, 1.807) is 0 Å². The van der Waals surface area contributed by atoms with E-state index in [4.69, 9.17) is 4.74 Å². The molecule has 2 aromatic carbocycles. The Labute approximate surface area is 151 Å². The van der Waals surface area contributed by atoms with Gasteiger partial charge < -0.3 is 15.4 Å². The zero-order valence-corrected chi connectivity index (χ0v) is 15.6. The zero-order valence-electron chi connectivity index (χ0n) is 14.0. The standard InChI is InChI=1S/C19H23BrN2O2/c1-3-4-13-24-18-11-9-17(10-12-18)22-19(23)21-14(2)15-5-7-16(20)8-6-15/h5-12,14H,3-4,13H2,1-2H3,(H2,21,22,23). The number of amides is 2. The average molecular weight is 391 g/mol. The van der Waals surface area contributed by atoms with Gasteiger partial charge in [0, 0.05) is 10.2 Å². The van der Waals surface area contributed by atoms with E-state index in [2.05, 4.69) is 33.5 Å². The highest BCUT2D eigenvalue weighted by molar-refractivity contribution is 9.10. The maximum absolute atomic E-state index is 12.1. The summed E-state index contributed by atoms with van der Waals surface area (Å²) >= 11 is 3.41. The largest absolute Gasteiger partial charge is 0.494 e. The number of carbonyl (C=O) groups excluding carboxylic acids is 1. The van der Waals surface area contributed by atoms with Crippen molar-refractivity contribution in [3.8, 4) is 5.75 Å². The summed E-state index contributed by atoms with van der Waals surface area (Å²) in [6.45, 7) is 4.80. The Morgan fingerprint density at radius 3 is 2.42 bits per heavy atom. The van der Waals surface area contributed by atoms with E-state index in [0.29, 0.717) is 6.61 Å². The fourth-order valence-electron chi connectivity index (χ4n) is 2.17. The van der Waals surface area contributed by atoms with Crippen LogP contribution in [0.4, 0.5) is 10.5 Å². The summed E-state index contributed by atoms with van der Waals surface area (Å²) in [7, 11) is 0. The third-order valence-corrected chi connectivity index (χ3v) is 4.13. The first-order valence-electron chi connectivity index (χ1n) is 8.14. The molecule has 2 N–H and O–H groups in total. The van der Waals surface area contributed by atoms with Crippen LogP contribution in [0.15, 0.2) is 53.0 Å². The van der Waals surface area contributed by atoms with Gasteiger partial charge in [-0.3, -0.25) is 0 Å². The Hall–Kier alpha value is -2.01. The second-order valence-corrected chi connectivity index (χ2v) is 6.51. The predicted molar refractivity (Wildman–Crippen MR) is 102 cm³/mol. The lowest BCUT2D eigenvalue weighted by Crippen LogP contribution is -2.31. The molecule has 4 nitrogen and oxygen atoms in total. The average Bonchev–Trinajstić information content (AvgIpc) is 2.57. The number of hydrogen-bond donors (Lipinski definition) is 2. The number of halogens is 1. The zero-order chi connectivity index (χ0) is 17.4. The van der Waals surface area contributed by atoms with E-state index in [-0.39, 0.29) is 12.1 Å². The first-order chi connectivity index (χ1) is 11.6. The van der Waals surface area contributed by atoms with Gasteiger partial charge in [0.2, 0.25) is 0 Å². The molecule has 0 aromatic heterocycles. The minimum absolute atomic E-state index is 0.0743. The molecule has 0 heterocycles. The van der Waals surface area contributed by atoms with Crippen LogP contribution in [-0.4, -0.2) is 12.6 Å². The van der Waals surface area contributed by atoms with Gasteiger partial charge in [-0.2, -0.15) is 0 Å². The van der Waals surface area contributed by atoms with Gasteiger partial charge in [-0.1, -0.05) is 41.4 Å². The fourth-order valence-corrected chi connectivity index (χ4v) is 2.43. The van der Waals surface area contributed by atoms with Crippen molar-refractivity contribution < 1.29 is 9.53 Å². The number of unbranched alkanes of at least 4 members (excludes halogenated alkanes) is 1. The third-order valence-electron chi connectivity index (χ3n) is 3.60. The highest BCUT2D eigenvalue weighted by Crippen LogP contribution is 2.18. The lowest BCUT2D eigenvalue weighted by molar-refractivity contribution is 0.249. The summed E-state index contributed by atoms with van der Waals surface area (Å²) < 4.78 is 6.62. The number of ether oxygens (including phenoxy) is 1. The van der Waals surface area contributed by atoms with Gasteiger partial charge >= 0.3 is 6.03 Å². The molecule has 24 heavy (non-hydrogen) atoms. The van der Waals surface area contributed by atoms with Crippen LogP contribution in [0.25, 0.3) is 0 Å². The minimum atomic E-state index is -0.231. The summed E-state index contributed by atoms with van der Waals surface area (Å²) in [6, 6.07) is 15.0. The quantitative estimate of drug-likeness (QED) is 0.612. The molecule has 0 radical (unpaired) electrons. The van der Waals surface area contributed by atoms with Crippen LogP contribution in [0.2, 0.25) is 0 Å². The van der Waals surface area contributed by atoms with Gasteiger partial charge in [0.1, 0.15) is 5.75 Å². The van der Waals surface area contributed by atoms with Crippen LogP contribution < -0.4 is 15.4 Å². The van der Waals surface area contributed by atoms with Crippen LogP contribution in [-0.2, 0) is 0 Å². The van der Waals surface area contributed by atoms with Crippen LogP contribution >= 0.6 is 15.9 Å². The molecule has 0 aliphatic carbocycles. The summed E-state index contributed by atoms with van der Waals surface area (Å²) in [5.74, 6) is 0.817. The van der Waals surface area contributed by atoms with Crippen LogP contribution in [0.5, 0.6) is 5.75 Å². The summed E-state index contributed by atoms with van der Waals surface area (Å²) in [4.78, 5) is 12.1. The molecule has 2 aromatic rings. The van der Waals surface area contributed by atoms with E-state index in [1.807, 2.05) is 55.5 Å². The first-order valence-corrected chi connectivity index (χ1v) is 8.93. The van der Waals surface area contributed by atoms with Crippen molar-refractivity contribution in [2.24, 2.45) is 0 Å². The van der Waals surface area contributed by atoms with Crippen molar-refractivity contribution in [2.75, 3.05) is 11.9 Å². The molecule has 0 aliphatic heterocycles. The summed E-state index contributed by atoms with van der Waals surface area (Å²) in [5.41, 5.74) is 1.78. The van der Waals surface area contributed by atoms with Gasteiger partial charge in [-0.05, 0) is 55.3 Å². The van der Waals surface area contributed by atoms with Crippen molar-refractivity contribution >= 4 is 27.6 Å². The van der Waals surface area contributed by atoms with Crippen molar-refractivity contribution in [1.82, 2.24) is 5.32 Å². The molecule has 0 spiro atoms. The van der Waals surface area contributed by atoms with Gasteiger partial charge in [-0.25, -0.2) is 4.79 Å². The molecule has 1 unspecified atom stereocenters. The molecule has 2 amide bonds. The van der Waals surface area contributed by atoms with Gasteiger partial charge in [0.05, 0.1) is 12.6 Å². The molecular formula is C19H23BrN2O2. The molecule has 0 saturated heterocycles. The molecule has 0 saturated carbocycles. The van der Waals surface area contributed by atoms with Crippen molar-refractivity contribution in [2.45, 2.75) is 32.7 Å². The summed E-state index contributed by atoms with van der Waals surface area (Å²) in [6.07, 6.45) is 2.15. The second-order valence-electron chi connectivity index (χ2n) is 5.60. The summed E-state index contributed by atoms with van der Waals surface area (Å²) in [5, 5.41) is 5.76. The van der Waals surface area contributed by atoms with Gasteiger partial charge in [-0.15, -0.1) is 0 Å². The molecule has 5 heteroatoms. The molecular weight excluding hydrogens is 368 g/mol. The maximum atomic E-state index is 12.1. The van der Waals surface area contributed by atoms with E-state index < -0.39 is 0 Å². The highest BCUT2D eigenvalue weighted by atomic mass is 79.9. The van der Waals surface area contributed by atoms with E-state index in [9.17, 15) is 4.79 Å². The predicted octanol–water partition coefficient (Wildman–Crippen LogP) is 5.51.